The van der Waals surface area contributed by atoms with E-state index in [1.807, 2.05) is 4.90 Å². The van der Waals surface area contributed by atoms with E-state index in [1.165, 1.54) is 0 Å². The smallest absolute Gasteiger partial charge is 0.251 e. The summed E-state index contributed by atoms with van der Waals surface area (Å²) in [4.78, 5) is 26.8. The van der Waals surface area contributed by atoms with E-state index >= 15 is 0 Å². The predicted octanol–water partition coefficient (Wildman–Crippen LogP) is 2.10. The van der Waals surface area contributed by atoms with E-state index < -0.39 is 0 Å². The molecule has 2 atom stereocenters. The Balaban J connectivity index is 1.68. The minimum atomic E-state index is -0.130. The summed E-state index contributed by atoms with van der Waals surface area (Å²) in [5.41, 5.74) is 1.05. The first-order valence-electron chi connectivity index (χ1n) is 9.16. The van der Waals surface area contributed by atoms with E-state index in [2.05, 4.69) is 11.4 Å². The first-order valence-corrected chi connectivity index (χ1v) is 9.16. The van der Waals surface area contributed by atoms with Gasteiger partial charge in [0.25, 0.3) is 5.91 Å². The van der Waals surface area contributed by atoms with Crippen molar-refractivity contribution in [2.45, 2.75) is 38.1 Å². The molecule has 0 radical (unpaired) electrons. The van der Waals surface area contributed by atoms with E-state index in [0.717, 1.165) is 25.7 Å². The molecule has 1 heterocycles. The van der Waals surface area contributed by atoms with Crippen molar-refractivity contribution in [3.05, 3.63) is 35.4 Å². The van der Waals surface area contributed by atoms with Crippen LogP contribution in [0.1, 0.15) is 48.0 Å². The number of carbonyl (C=O) groups is 2. The first kappa shape index (κ1) is 18.4. The molecule has 0 bridgehead atoms. The van der Waals surface area contributed by atoms with Crippen molar-refractivity contribution in [3.8, 4) is 6.07 Å². The number of benzene rings is 1. The fourth-order valence-electron chi connectivity index (χ4n) is 4.39. The zero-order valence-electron chi connectivity index (χ0n) is 15.2. The molecule has 1 N–H and O–H groups in total. The second-order valence-corrected chi connectivity index (χ2v) is 7.22. The van der Waals surface area contributed by atoms with Gasteiger partial charge in [-0.25, -0.2) is 0 Å². The molecule has 3 rings (SSSR count). The van der Waals surface area contributed by atoms with E-state index in [1.54, 1.807) is 31.4 Å². The molecule has 2 aliphatic rings. The van der Waals surface area contributed by atoms with Crippen LogP contribution < -0.4 is 5.32 Å². The lowest BCUT2D eigenvalue weighted by Gasteiger charge is -2.46. The normalized spacial score (nSPS) is 24.8. The number of methoxy groups -OCH3 is 1. The lowest BCUT2D eigenvalue weighted by atomic mass is 9.74. The zero-order valence-corrected chi connectivity index (χ0v) is 15.2. The van der Waals surface area contributed by atoms with Crippen molar-refractivity contribution in [2.75, 3.05) is 26.8 Å². The number of likely N-dealkylation sites (tertiary alicyclic amines) is 1. The quantitative estimate of drug-likeness (QED) is 0.847. The largest absolute Gasteiger partial charge is 0.383 e. The van der Waals surface area contributed by atoms with Crippen molar-refractivity contribution < 1.29 is 14.3 Å². The summed E-state index contributed by atoms with van der Waals surface area (Å²) >= 11 is 0. The zero-order chi connectivity index (χ0) is 18.6. The number of nitrogens with zero attached hydrogens (tertiary/aromatic N) is 2. The molecule has 1 aliphatic carbocycles. The maximum Gasteiger partial charge on any atom is 0.251 e. The molecule has 1 aromatic carbocycles. The molecule has 1 saturated heterocycles. The van der Waals surface area contributed by atoms with Crippen LogP contribution in [0, 0.1) is 16.7 Å². The standard InChI is InChI=1S/C20H25N3O3/c1-26-12-11-23-17-3-2-9-20(17,10-8-18(23)24)14-22-19(25)16-6-4-15(13-21)5-7-16/h4-7,17H,2-3,8-12,14H2,1H3,(H,22,25). The Bertz CT molecular complexity index is 710. The molecule has 2 amide bonds. The van der Waals surface area contributed by atoms with Crippen LogP contribution in [0.5, 0.6) is 0 Å². The highest BCUT2D eigenvalue weighted by molar-refractivity contribution is 5.94. The summed E-state index contributed by atoms with van der Waals surface area (Å²) in [6, 6.07) is 8.88. The minimum Gasteiger partial charge on any atom is -0.383 e. The average molecular weight is 355 g/mol. The van der Waals surface area contributed by atoms with Crippen molar-refractivity contribution >= 4 is 11.8 Å². The Morgan fingerprint density at radius 3 is 2.85 bits per heavy atom. The Labute approximate surface area is 154 Å². The number of fused-ring (bicyclic) bond motifs is 1. The van der Waals surface area contributed by atoms with Gasteiger partial charge in [0.1, 0.15) is 0 Å². The Kier molecular flexibility index (Phi) is 5.58. The molecule has 2 fully saturated rings. The van der Waals surface area contributed by atoms with Crippen LogP contribution in [0.4, 0.5) is 0 Å². The summed E-state index contributed by atoms with van der Waals surface area (Å²) in [7, 11) is 1.65. The molecule has 1 aliphatic heterocycles. The second-order valence-electron chi connectivity index (χ2n) is 7.22. The van der Waals surface area contributed by atoms with Gasteiger partial charge < -0.3 is 15.0 Å². The summed E-state index contributed by atoms with van der Waals surface area (Å²) in [5, 5.41) is 11.9. The van der Waals surface area contributed by atoms with Gasteiger partial charge in [-0.05, 0) is 43.5 Å². The van der Waals surface area contributed by atoms with Crippen LogP contribution in [0.15, 0.2) is 24.3 Å². The first-order chi connectivity index (χ1) is 12.6. The maximum atomic E-state index is 12.5. The van der Waals surface area contributed by atoms with Gasteiger partial charge in [-0.1, -0.05) is 6.42 Å². The number of ether oxygens (including phenoxy) is 1. The molecule has 0 aromatic heterocycles. The number of rotatable bonds is 6. The number of nitrogens with one attached hydrogen (secondary N) is 1. The molecule has 1 saturated carbocycles. The van der Waals surface area contributed by atoms with E-state index in [-0.39, 0.29) is 23.3 Å². The van der Waals surface area contributed by atoms with Gasteiger partial charge in [0, 0.05) is 43.6 Å². The maximum absolute atomic E-state index is 12.5. The van der Waals surface area contributed by atoms with Crippen molar-refractivity contribution in [1.82, 2.24) is 10.2 Å². The fraction of sp³-hybridized carbons (Fsp3) is 0.550. The second kappa shape index (κ2) is 7.88. The number of piperidine rings is 1. The third-order valence-corrected chi connectivity index (χ3v) is 5.81. The molecular formula is C20H25N3O3. The Morgan fingerprint density at radius 1 is 1.38 bits per heavy atom. The minimum absolute atomic E-state index is 0.0378. The van der Waals surface area contributed by atoms with Crippen LogP contribution in [0.2, 0.25) is 0 Å². The molecule has 6 heteroatoms. The van der Waals surface area contributed by atoms with Crippen LogP contribution >= 0.6 is 0 Å². The van der Waals surface area contributed by atoms with Crippen LogP contribution in [-0.4, -0.2) is 49.6 Å². The lowest BCUT2D eigenvalue weighted by molar-refractivity contribution is -0.142. The van der Waals surface area contributed by atoms with Gasteiger partial charge in [0.05, 0.1) is 18.2 Å². The van der Waals surface area contributed by atoms with Gasteiger partial charge in [-0.3, -0.25) is 9.59 Å². The van der Waals surface area contributed by atoms with E-state index in [4.69, 9.17) is 10.00 Å². The molecule has 1 aromatic rings. The molecule has 2 unspecified atom stereocenters. The highest BCUT2D eigenvalue weighted by atomic mass is 16.5. The van der Waals surface area contributed by atoms with E-state index in [0.29, 0.717) is 37.2 Å². The number of carbonyl (C=O) groups excluding carboxylic acids is 2. The number of hydrogen-bond donors (Lipinski definition) is 1. The summed E-state index contributed by atoms with van der Waals surface area (Å²) in [6.45, 7) is 1.73. The van der Waals surface area contributed by atoms with E-state index in [9.17, 15) is 9.59 Å². The van der Waals surface area contributed by atoms with Gasteiger partial charge in [0.15, 0.2) is 0 Å². The lowest BCUT2D eigenvalue weighted by Crippen LogP contribution is -2.56. The molecular weight excluding hydrogens is 330 g/mol. The summed E-state index contributed by atoms with van der Waals surface area (Å²) in [5.74, 6) is 0.0675. The molecule has 26 heavy (non-hydrogen) atoms. The Morgan fingerprint density at radius 2 is 2.15 bits per heavy atom. The van der Waals surface area contributed by atoms with Crippen LogP contribution in [0.3, 0.4) is 0 Å². The number of nitriles is 1. The van der Waals surface area contributed by atoms with Crippen molar-refractivity contribution in [3.63, 3.8) is 0 Å². The number of amides is 2. The fourth-order valence-corrected chi connectivity index (χ4v) is 4.39. The average Bonchev–Trinajstić information content (AvgIpc) is 3.10. The van der Waals surface area contributed by atoms with Crippen molar-refractivity contribution in [2.24, 2.45) is 5.41 Å². The van der Waals surface area contributed by atoms with Gasteiger partial charge >= 0.3 is 0 Å². The SMILES string of the molecule is COCCN1C(=O)CCC2(CNC(=O)c3ccc(C#N)cc3)CCCC12. The summed E-state index contributed by atoms with van der Waals surface area (Å²) in [6.07, 6.45) is 4.46. The third kappa shape index (κ3) is 3.58. The molecule has 0 spiro atoms. The monoisotopic (exact) mass is 355 g/mol. The topological polar surface area (TPSA) is 82.4 Å². The van der Waals surface area contributed by atoms with Gasteiger partial charge in [-0.2, -0.15) is 5.26 Å². The highest BCUT2D eigenvalue weighted by Gasteiger charge is 2.50. The Hall–Kier alpha value is -2.39. The van der Waals surface area contributed by atoms with Crippen molar-refractivity contribution in [1.29, 1.82) is 5.26 Å². The van der Waals surface area contributed by atoms with Gasteiger partial charge in [-0.15, -0.1) is 0 Å². The predicted molar refractivity (Wildman–Crippen MR) is 96.4 cm³/mol. The molecule has 138 valence electrons. The highest BCUT2D eigenvalue weighted by Crippen LogP contribution is 2.47. The van der Waals surface area contributed by atoms with Crippen LogP contribution in [0.25, 0.3) is 0 Å². The molecule has 6 nitrogen and oxygen atoms in total. The number of hydrogen-bond acceptors (Lipinski definition) is 4. The summed E-state index contributed by atoms with van der Waals surface area (Å²) < 4.78 is 5.16. The van der Waals surface area contributed by atoms with Gasteiger partial charge in [0.2, 0.25) is 5.91 Å². The third-order valence-electron chi connectivity index (χ3n) is 5.81. The van der Waals surface area contributed by atoms with Crippen LogP contribution in [-0.2, 0) is 9.53 Å².